The van der Waals surface area contributed by atoms with Crippen molar-refractivity contribution in [2.45, 2.75) is 24.8 Å². The van der Waals surface area contributed by atoms with Gasteiger partial charge in [-0.05, 0) is 48.6 Å². The fourth-order valence-corrected chi connectivity index (χ4v) is 5.50. The first-order chi connectivity index (χ1) is 15.6. The van der Waals surface area contributed by atoms with E-state index in [1.54, 1.807) is 18.2 Å². The van der Waals surface area contributed by atoms with Crippen LogP contribution in [0, 0.1) is 5.82 Å². The molecule has 0 radical (unpaired) electrons. The lowest BCUT2D eigenvalue weighted by Gasteiger charge is -2.46. The molecule has 2 aromatic carbocycles. The highest BCUT2D eigenvalue weighted by Gasteiger charge is 2.35. The van der Waals surface area contributed by atoms with Gasteiger partial charge in [0.15, 0.2) is 5.82 Å². The first-order valence-electron chi connectivity index (χ1n) is 11.6. The lowest BCUT2D eigenvalue weighted by Crippen LogP contribution is -2.57. The van der Waals surface area contributed by atoms with E-state index in [4.69, 9.17) is 11.6 Å². The minimum absolute atomic E-state index is 0.182. The zero-order chi connectivity index (χ0) is 22.1. The van der Waals surface area contributed by atoms with Crippen LogP contribution in [-0.4, -0.2) is 74.1 Å². The van der Waals surface area contributed by atoms with E-state index in [1.165, 1.54) is 5.56 Å². The SMILES string of the molecule is O=C(c1cccc(N2CCNCC2)c1F)N1CCN2C[C@@H](c3ccc(Cl)cc3)CC[C@@H]2C1. The molecular weight excluding hydrogens is 427 g/mol. The van der Waals surface area contributed by atoms with Crippen molar-refractivity contribution in [1.82, 2.24) is 15.1 Å². The Hall–Kier alpha value is -2.15. The second-order valence-electron chi connectivity index (χ2n) is 9.10. The first-order valence-corrected chi connectivity index (χ1v) is 12.0. The van der Waals surface area contributed by atoms with Crippen molar-refractivity contribution in [1.29, 1.82) is 0 Å². The molecule has 0 aliphatic carbocycles. The van der Waals surface area contributed by atoms with Gasteiger partial charge in [0.1, 0.15) is 0 Å². The summed E-state index contributed by atoms with van der Waals surface area (Å²) in [4.78, 5) is 19.6. The van der Waals surface area contributed by atoms with Crippen LogP contribution in [0.25, 0.3) is 0 Å². The van der Waals surface area contributed by atoms with Gasteiger partial charge >= 0.3 is 0 Å². The van der Waals surface area contributed by atoms with Gasteiger partial charge in [-0.25, -0.2) is 4.39 Å². The van der Waals surface area contributed by atoms with Crippen molar-refractivity contribution < 1.29 is 9.18 Å². The number of fused-ring (bicyclic) bond motifs is 1. The van der Waals surface area contributed by atoms with Gasteiger partial charge in [0, 0.05) is 63.4 Å². The number of amides is 1. The van der Waals surface area contributed by atoms with Crippen molar-refractivity contribution in [3.63, 3.8) is 0 Å². The zero-order valence-electron chi connectivity index (χ0n) is 18.3. The number of hydrogen-bond acceptors (Lipinski definition) is 4. The maximum absolute atomic E-state index is 15.3. The number of piperazine rings is 2. The molecule has 1 amide bonds. The van der Waals surface area contributed by atoms with Crippen LogP contribution in [0.4, 0.5) is 10.1 Å². The van der Waals surface area contributed by atoms with E-state index in [1.807, 2.05) is 21.9 Å². The minimum Gasteiger partial charge on any atom is -0.367 e. The highest BCUT2D eigenvalue weighted by Crippen LogP contribution is 2.33. The molecule has 2 aromatic rings. The Morgan fingerprint density at radius 1 is 0.969 bits per heavy atom. The number of nitrogens with one attached hydrogen (secondary N) is 1. The standard InChI is InChI=1S/C25H30ClFN4O/c26-20-7-4-18(5-8-20)19-6-9-21-17-31(15-14-30(21)16-19)25(32)22-2-1-3-23(24(22)27)29-12-10-28-11-13-29/h1-5,7-8,19,21,28H,6,9-17H2/t19-,21+/m0/s1. The van der Waals surface area contributed by atoms with Gasteiger partial charge in [-0.1, -0.05) is 29.8 Å². The largest absolute Gasteiger partial charge is 0.367 e. The maximum atomic E-state index is 15.3. The van der Waals surface area contributed by atoms with Gasteiger partial charge < -0.3 is 15.1 Å². The Balaban J connectivity index is 1.25. The summed E-state index contributed by atoms with van der Waals surface area (Å²) in [7, 11) is 0. The number of benzene rings is 2. The van der Waals surface area contributed by atoms with Gasteiger partial charge in [0.25, 0.3) is 5.91 Å². The molecule has 170 valence electrons. The Labute approximate surface area is 194 Å². The van der Waals surface area contributed by atoms with Crippen molar-refractivity contribution in [3.05, 3.63) is 64.4 Å². The van der Waals surface area contributed by atoms with Crippen LogP contribution < -0.4 is 10.2 Å². The average molecular weight is 457 g/mol. The van der Waals surface area contributed by atoms with E-state index in [0.29, 0.717) is 30.7 Å². The second kappa shape index (κ2) is 9.38. The number of nitrogens with zero attached hydrogens (tertiary/aromatic N) is 3. The maximum Gasteiger partial charge on any atom is 0.257 e. The molecule has 0 aromatic heterocycles. The third kappa shape index (κ3) is 4.36. The highest BCUT2D eigenvalue weighted by molar-refractivity contribution is 6.30. The second-order valence-corrected chi connectivity index (χ2v) is 9.54. The lowest BCUT2D eigenvalue weighted by molar-refractivity contribution is 0.0326. The molecule has 1 N–H and O–H groups in total. The van der Waals surface area contributed by atoms with E-state index < -0.39 is 0 Å². The third-order valence-corrected chi connectivity index (χ3v) is 7.45. The van der Waals surface area contributed by atoms with Gasteiger partial charge in [-0.15, -0.1) is 0 Å². The van der Waals surface area contributed by atoms with Gasteiger partial charge in [0.2, 0.25) is 0 Å². The van der Waals surface area contributed by atoms with Crippen LogP contribution in [0.2, 0.25) is 5.02 Å². The summed E-state index contributed by atoms with van der Waals surface area (Å²) < 4.78 is 15.3. The smallest absolute Gasteiger partial charge is 0.257 e. The number of piperidine rings is 1. The van der Waals surface area contributed by atoms with Crippen molar-refractivity contribution >= 4 is 23.2 Å². The predicted molar refractivity (Wildman–Crippen MR) is 126 cm³/mol. The fourth-order valence-electron chi connectivity index (χ4n) is 5.37. The quantitative estimate of drug-likeness (QED) is 0.766. The van der Waals surface area contributed by atoms with Crippen molar-refractivity contribution in [2.75, 3.05) is 57.3 Å². The number of anilines is 1. The van der Waals surface area contributed by atoms with E-state index in [-0.39, 0.29) is 17.3 Å². The van der Waals surface area contributed by atoms with Crippen LogP contribution in [0.15, 0.2) is 42.5 Å². The molecule has 2 atom stereocenters. The molecule has 7 heteroatoms. The topological polar surface area (TPSA) is 38.8 Å². The van der Waals surface area contributed by atoms with E-state index in [0.717, 1.165) is 57.1 Å². The van der Waals surface area contributed by atoms with Gasteiger partial charge in [0.05, 0.1) is 11.3 Å². The monoisotopic (exact) mass is 456 g/mol. The number of hydrogen-bond donors (Lipinski definition) is 1. The number of carbonyl (C=O) groups excluding carboxylic acids is 1. The molecule has 0 saturated carbocycles. The molecule has 5 rings (SSSR count). The molecule has 3 aliphatic rings. The highest BCUT2D eigenvalue weighted by atomic mass is 35.5. The van der Waals surface area contributed by atoms with E-state index in [2.05, 4.69) is 22.3 Å². The molecule has 32 heavy (non-hydrogen) atoms. The van der Waals surface area contributed by atoms with Crippen LogP contribution in [0.5, 0.6) is 0 Å². The molecule has 5 nitrogen and oxygen atoms in total. The van der Waals surface area contributed by atoms with Crippen LogP contribution in [-0.2, 0) is 0 Å². The Kier molecular flexibility index (Phi) is 6.35. The zero-order valence-corrected chi connectivity index (χ0v) is 19.0. The molecule has 3 aliphatic heterocycles. The number of halogens is 2. The summed E-state index contributed by atoms with van der Waals surface area (Å²) in [5.74, 6) is -0.0637. The summed E-state index contributed by atoms with van der Waals surface area (Å²) in [6, 6.07) is 13.7. The summed E-state index contributed by atoms with van der Waals surface area (Å²) in [5, 5.41) is 4.05. The molecule has 0 unspecified atom stereocenters. The predicted octanol–water partition coefficient (Wildman–Crippen LogP) is 3.59. The molecule has 0 spiro atoms. The van der Waals surface area contributed by atoms with Crippen LogP contribution in [0.1, 0.15) is 34.7 Å². The summed E-state index contributed by atoms with van der Waals surface area (Å²) in [6.07, 6.45) is 2.14. The average Bonchev–Trinajstić information content (AvgIpc) is 2.84. The van der Waals surface area contributed by atoms with Crippen LogP contribution in [0.3, 0.4) is 0 Å². The third-order valence-electron chi connectivity index (χ3n) is 7.20. The molecule has 3 saturated heterocycles. The van der Waals surface area contributed by atoms with E-state index >= 15 is 4.39 Å². The number of carbonyl (C=O) groups is 1. The van der Waals surface area contributed by atoms with Gasteiger partial charge in [-0.2, -0.15) is 0 Å². The molecular formula is C25H30ClFN4O. The molecule has 3 heterocycles. The normalized spacial score (nSPS) is 24.3. The number of rotatable bonds is 3. The Bertz CT molecular complexity index is 963. The van der Waals surface area contributed by atoms with Crippen molar-refractivity contribution in [3.8, 4) is 0 Å². The summed E-state index contributed by atoms with van der Waals surface area (Å²) in [6.45, 7) is 6.31. The minimum atomic E-state index is -0.381. The van der Waals surface area contributed by atoms with Crippen molar-refractivity contribution in [2.24, 2.45) is 0 Å². The first kappa shape index (κ1) is 21.7. The Morgan fingerprint density at radius 2 is 1.75 bits per heavy atom. The summed E-state index contributed by atoms with van der Waals surface area (Å²) in [5.41, 5.74) is 2.07. The van der Waals surface area contributed by atoms with Crippen LogP contribution >= 0.6 is 11.6 Å². The van der Waals surface area contributed by atoms with E-state index in [9.17, 15) is 4.79 Å². The fraction of sp³-hybridized carbons (Fsp3) is 0.480. The molecule has 0 bridgehead atoms. The van der Waals surface area contributed by atoms with Gasteiger partial charge in [-0.3, -0.25) is 9.69 Å². The summed E-state index contributed by atoms with van der Waals surface area (Å²) >= 11 is 6.04. The lowest BCUT2D eigenvalue weighted by atomic mass is 9.86. The Morgan fingerprint density at radius 3 is 2.53 bits per heavy atom. The molecule has 3 fully saturated rings.